The molecule has 2 aromatic carbocycles. The highest BCUT2D eigenvalue weighted by molar-refractivity contribution is 7.54. The summed E-state index contributed by atoms with van der Waals surface area (Å²) in [4.78, 5) is 12.5. The summed E-state index contributed by atoms with van der Waals surface area (Å²) in [5, 5.41) is 1.86. The smallest absolute Gasteiger partial charge is 0.404 e. The molecule has 48 heavy (non-hydrogen) atoms. The van der Waals surface area contributed by atoms with Crippen molar-refractivity contribution in [2.75, 3.05) is 38.5 Å². The first-order valence-corrected chi connectivity index (χ1v) is 19.8. The number of unbranched alkanes of at least 4 members (excludes halogenated alkanes) is 13. The second-order valence-corrected chi connectivity index (χ2v) is 14.4. The monoisotopic (exact) mass is 681 g/mol. The average Bonchev–Trinajstić information content (AvgIpc) is 3.52. The molecule has 4 rings (SSSR count). The lowest BCUT2D eigenvalue weighted by Crippen LogP contribution is -2.11. The number of hydrogen-bond donors (Lipinski definition) is 1. The van der Waals surface area contributed by atoms with Crippen LogP contribution in [-0.4, -0.2) is 52.3 Å². The van der Waals surface area contributed by atoms with Gasteiger partial charge in [-0.05, 0) is 24.3 Å². The number of rotatable bonds is 27. The Morgan fingerprint density at radius 3 is 2.12 bits per heavy atom. The zero-order valence-electron chi connectivity index (χ0n) is 28.9. The van der Waals surface area contributed by atoms with Crippen LogP contribution in [0.3, 0.4) is 0 Å². The first-order valence-electron chi connectivity index (χ1n) is 18.1. The predicted octanol–water partition coefficient (Wildman–Crippen LogP) is 9.71. The van der Waals surface area contributed by atoms with Gasteiger partial charge in [0.15, 0.2) is 17.8 Å². The molecule has 2 N–H and O–H groups in total. The second kappa shape index (κ2) is 21.8. The zero-order chi connectivity index (χ0) is 33.7. The molecule has 4 aromatic rings. The number of benzene rings is 2. The van der Waals surface area contributed by atoms with E-state index in [9.17, 15) is 4.57 Å². The van der Waals surface area contributed by atoms with Crippen molar-refractivity contribution in [1.29, 1.82) is 0 Å². The second-order valence-electron chi connectivity index (χ2n) is 12.5. The van der Waals surface area contributed by atoms with Gasteiger partial charge >= 0.3 is 7.60 Å². The molecule has 0 spiro atoms. The summed E-state index contributed by atoms with van der Waals surface area (Å²) in [6.45, 7) is 4.50. The molecule has 2 aromatic heterocycles. The van der Waals surface area contributed by atoms with Crippen molar-refractivity contribution in [2.45, 2.75) is 110 Å². The fourth-order valence-corrected chi connectivity index (χ4v) is 7.18. The van der Waals surface area contributed by atoms with Gasteiger partial charge in [-0.3, -0.25) is 4.52 Å². The predicted molar refractivity (Wildman–Crippen MR) is 194 cm³/mol. The third-order valence-corrected chi connectivity index (χ3v) is 10.1. The molecule has 0 saturated carbocycles. The number of aromatic nitrogens is 4. The topological polar surface area (TPSA) is 124 Å². The highest BCUT2D eigenvalue weighted by atomic mass is 31.2. The highest BCUT2D eigenvalue weighted by Gasteiger charge is 2.28. The Morgan fingerprint density at radius 1 is 0.708 bits per heavy atom. The molecular weight excluding hydrogens is 625 g/mol. The maximum absolute atomic E-state index is 14.0. The number of imidazole rings is 1. The van der Waals surface area contributed by atoms with E-state index in [4.69, 9.17) is 24.3 Å². The van der Waals surface area contributed by atoms with Crippen molar-refractivity contribution in [3.8, 4) is 5.75 Å². The Kier molecular flexibility index (Phi) is 17.2. The molecule has 0 aliphatic rings. The van der Waals surface area contributed by atoms with Gasteiger partial charge in [0.2, 0.25) is 0 Å². The van der Waals surface area contributed by atoms with Crippen LogP contribution in [0, 0.1) is 0 Å². The van der Waals surface area contributed by atoms with E-state index in [1.54, 1.807) is 12.4 Å². The lowest BCUT2D eigenvalue weighted by Gasteiger charge is -2.20. The fraction of sp³-hybridized carbons (Fsp3) is 0.595. The van der Waals surface area contributed by atoms with Crippen LogP contribution < -0.4 is 10.3 Å². The minimum atomic E-state index is -3.65. The quantitative estimate of drug-likeness (QED) is 0.0484. The molecule has 2 heterocycles. The lowest BCUT2D eigenvalue weighted by atomic mass is 10.0. The first kappa shape index (κ1) is 37.8. The number of ether oxygens (including phenoxy) is 2. The number of hydrogen-bond acceptors (Lipinski definition) is 9. The normalized spacial score (nSPS) is 12.9. The van der Waals surface area contributed by atoms with E-state index in [1.807, 2.05) is 41.0 Å². The van der Waals surface area contributed by atoms with Crippen LogP contribution in [0.5, 0.6) is 5.75 Å². The van der Waals surface area contributed by atoms with Crippen LogP contribution in [0.1, 0.15) is 103 Å². The number of nitrogens with two attached hydrogens (primary N) is 1. The average molecular weight is 682 g/mol. The molecule has 0 saturated heterocycles. The molecule has 0 radical (unpaired) electrons. The van der Waals surface area contributed by atoms with E-state index in [0.717, 1.165) is 23.8 Å². The summed E-state index contributed by atoms with van der Waals surface area (Å²) < 4.78 is 39.5. The number of anilines is 1. The third kappa shape index (κ3) is 13.1. The lowest BCUT2D eigenvalue weighted by molar-refractivity contribution is 0.107. The number of nitrogens with zero attached hydrogens (tertiary/aromatic N) is 4. The maximum Gasteiger partial charge on any atom is 0.404 e. The van der Waals surface area contributed by atoms with Crippen LogP contribution in [0.25, 0.3) is 21.9 Å². The molecule has 11 heteroatoms. The van der Waals surface area contributed by atoms with Gasteiger partial charge in [-0.25, -0.2) is 19.5 Å². The van der Waals surface area contributed by atoms with Crippen molar-refractivity contribution in [1.82, 2.24) is 19.5 Å². The molecule has 0 fully saturated rings. The van der Waals surface area contributed by atoms with Gasteiger partial charge < -0.3 is 24.3 Å². The van der Waals surface area contributed by atoms with E-state index in [1.165, 1.54) is 89.8 Å². The van der Waals surface area contributed by atoms with E-state index in [0.29, 0.717) is 42.3 Å². The van der Waals surface area contributed by atoms with E-state index in [2.05, 4.69) is 21.9 Å². The van der Waals surface area contributed by atoms with Gasteiger partial charge in [-0.15, -0.1) is 0 Å². The van der Waals surface area contributed by atoms with Gasteiger partial charge in [0, 0.05) is 25.1 Å². The molecule has 0 aliphatic carbocycles. The van der Waals surface area contributed by atoms with Crippen molar-refractivity contribution < 1.29 is 23.1 Å². The van der Waals surface area contributed by atoms with Gasteiger partial charge in [0.25, 0.3) is 0 Å². The van der Waals surface area contributed by atoms with Gasteiger partial charge in [-0.1, -0.05) is 127 Å². The summed E-state index contributed by atoms with van der Waals surface area (Å²) in [7, 11) is -3.65. The minimum absolute atomic E-state index is 0.195. The molecule has 0 amide bonds. The first-order chi connectivity index (χ1) is 23.6. The largest absolute Gasteiger partial charge is 0.422 e. The van der Waals surface area contributed by atoms with E-state index in [-0.39, 0.29) is 19.6 Å². The number of fused-ring (bicyclic) bond motifs is 2. The standard InChI is InChI=1S/C37H56N5O5P/c1-2-3-4-5-6-7-8-9-10-11-12-13-14-17-25-44-26-19-27-46-48(43,47-34-23-18-21-32-20-15-16-22-33(32)34)31-45-28-24-42-30-41-35-36(38)39-29-40-37(35)42/h15-16,18,20-23,29-30H,2-14,17,19,24-28,31H2,1H3,(H2,38,39,40). The van der Waals surface area contributed by atoms with Crippen molar-refractivity contribution in [2.24, 2.45) is 0 Å². The zero-order valence-corrected chi connectivity index (χ0v) is 29.8. The van der Waals surface area contributed by atoms with Crippen molar-refractivity contribution >= 4 is 35.3 Å². The molecule has 1 unspecified atom stereocenters. The molecule has 10 nitrogen and oxygen atoms in total. The Labute approximate surface area is 286 Å². The Morgan fingerprint density at radius 2 is 1.38 bits per heavy atom. The van der Waals surface area contributed by atoms with Gasteiger partial charge in [0.1, 0.15) is 17.6 Å². The van der Waals surface area contributed by atoms with E-state index >= 15 is 0 Å². The maximum atomic E-state index is 14.0. The van der Waals surface area contributed by atoms with Crippen LogP contribution in [0.15, 0.2) is 55.1 Å². The number of nitrogen functional groups attached to an aromatic ring is 1. The molecule has 1 atom stereocenters. The Bertz CT molecular complexity index is 1510. The van der Waals surface area contributed by atoms with Crippen molar-refractivity contribution in [3.63, 3.8) is 0 Å². The summed E-state index contributed by atoms with van der Waals surface area (Å²) in [6.07, 6.45) is 22.2. The third-order valence-electron chi connectivity index (χ3n) is 8.51. The Balaban J connectivity index is 1.12. The van der Waals surface area contributed by atoms with Crippen LogP contribution in [-0.2, 0) is 25.1 Å². The van der Waals surface area contributed by atoms with E-state index < -0.39 is 7.60 Å². The molecule has 0 bridgehead atoms. The van der Waals surface area contributed by atoms with Crippen LogP contribution in [0.2, 0.25) is 0 Å². The Hall–Kier alpha value is -3.04. The molecular formula is C37H56N5O5P. The van der Waals surface area contributed by atoms with Crippen LogP contribution >= 0.6 is 7.60 Å². The van der Waals surface area contributed by atoms with Gasteiger partial charge in [-0.2, -0.15) is 0 Å². The summed E-state index contributed by atoms with van der Waals surface area (Å²) in [5.74, 6) is 0.825. The fourth-order valence-electron chi connectivity index (χ4n) is 5.78. The highest BCUT2D eigenvalue weighted by Crippen LogP contribution is 2.49. The molecule has 0 aliphatic heterocycles. The molecule has 264 valence electrons. The summed E-state index contributed by atoms with van der Waals surface area (Å²) in [5.41, 5.74) is 7.06. The van der Waals surface area contributed by atoms with Crippen molar-refractivity contribution in [3.05, 3.63) is 55.1 Å². The SMILES string of the molecule is CCCCCCCCCCCCCCCCOCCCOP(=O)(COCCn1cnc2c(N)ncnc21)Oc1cccc2ccccc12. The van der Waals surface area contributed by atoms with Gasteiger partial charge in [0.05, 0.1) is 19.5 Å². The minimum Gasteiger partial charge on any atom is -0.422 e. The summed E-state index contributed by atoms with van der Waals surface area (Å²) in [6, 6.07) is 13.5. The van der Waals surface area contributed by atoms with Crippen LogP contribution in [0.4, 0.5) is 5.82 Å². The summed E-state index contributed by atoms with van der Waals surface area (Å²) >= 11 is 0.